The molecule has 2 N–H and O–H groups in total. The standard InChI is InChI=1S/C20H17N3O3/c1-25-16-9-3-2-8-15(16)19(24)22-14-7-4-6-13(12-14)20-23-18-17(26-20)10-5-11-21-18/h2-12,20H,1H3,(H,21,23)(H,22,24). The Morgan fingerprint density at radius 1 is 1.15 bits per heavy atom. The molecule has 6 heteroatoms. The Bertz CT molecular complexity index is 933. The third kappa shape index (κ3) is 3.04. The van der Waals surface area contributed by atoms with E-state index in [2.05, 4.69) is 15.6 Å². The second-order valence-electron chi connectivity index (χ2n) is 5.77. The summed E-state index contributed by atoms with van der Waals surface area (Å²) in [5.41, 5.74) is 2.04. The van der Waals surface area contributed by atoms with Crippen LogP contribution in [-0.4, -0.2) is 18.0 Å². The first-order valence-electron chi connectivity index (χ1n) is 8.17. The van der Waals surface area contributed by atoms with Crippen molar-refractivity contribution in [2.24, 2.45) is 0 Å². The Morgan fingerprint density at radius 2 is 2.04 bits per heavy atom. The van der Waals surface area contributed by atoms with E-state index in [9.17, 15) is 4.79 Å². The summed E-state index contributed by atoms with van der Waals surface area (Å²) in [7, 11) is 1.54. The number of anilines is 2. The summed E-state index contributed by atoms with van der Waals surface area (Å²) in [4.78, 5) is 16.8. The molecule has 0 aliphatic carbocycles. The minimum absolute atomic E-state index is 0.232. The number of fused-ring (bicyclic) bond motifs is 1. The first-order chi connectivity index (χ1) is 12.7. The van der Waals surface area contributed by atoms with E-state index >= 15 is 0 Å². The van der Waals surface area contributed by atoms with Crippen LogP contribution in [0.4, 0.5) is 11.5 Å². The molecule has 6 nitrogen and oxygen atoms in total. The smallest absolute Gasteiger partial charge is 0.259 e. The zero-order chi connectivity index (χ0) is 17.9. The van der Waals surface area contributed by atoms with Crippen LogP contribution in [0, 0.1) is 0 Å². The van der Waals surface area contributed by atoms with Crippen molar-refractivity contribution in [2.45, 2.75) is 6.23 Å². The number of carbonyl (C=O) groups is 1. The zero-order valence-electron chi connectivity index (χ0n) is 14.1. The number of ether oxygens (including phenoxy) is 2. The van der Waals surface area contributed by atoms with Gasteiger partial charge in [0.25, 0.3) is 5.91 Å². The molecule has 0 spiro atoms. The maximum atomic E-state index is 12.6. The van der Waals surface area contributed by atoms with Crippen molar-refractivity contribution in [3.8, 4) is 11.5 Å². The van der Waals surface area contributed by atoms with Gasteiger partial charge in [-0.1, -0.05) is 24.3 Å². The number of amides is 1. The summed E-state index contributed by atoms with van der Waals surface area (Å²) in [5, 5.41) is 6.12. The average Bonchev–Trinajstić information content (AvgIpc) is 3.12. The predicted molar refractivity (Wildman–Crippen MR) is 98.6 cm³/mol. The lowest BCUT2D eigenvalue weighted by Crippen LogP contribution is -2.14. The van der Waals surface area contributed by atoms with E-state index in [1.54, 1.807) is 31.5 Å². The monoisotopic (exact) mass is 347 g/mol. The Hall–Kier alpha value is -3.54. The molecule has 1 amide bonds. The lowest BCUT2D eigenvalue weighted by atomic mass is 10.1. The van der Waals surface area contributed by atoms with Gasteiger partial charge in [-0.15, -0.1) is 0 Å². The van der Waals surface area contributed by atoms with Crippen molar-refractivity contribution >= 4 is 17.4 Å². The van der Waals surface area contributed by atoms with Crippen molar-refractivity contribution < 1.29 is 14.3 Å². The SMILES string of the molecule is COc1ccccc1C(=O)Nc1cccc(C2Nc3ncccc3O2)c1. The van der Waals surface area contributed by atoms with Crippen LogP contribution in [0.15, 0.2) is 66.9 Å². The summed E-state index contributed by atoms with van der Waals surface area (Å²) in [6, 6.07) is 18.3. The van der Waals surface area contributed by atoms with Crippen LogP contribution in [-0.2, 0) is 0 Å². The van der Waals surface area contributed by atoms with E-state index in [1.807, 2.05) is 42.5 Å². The fourth-order valence-electron chi connectivity index (χ4n) is 2.84. The molecule has 130 valence electrons. The van der Waals surface area contributed by atoms with Crippen molar-refractivity contribution in [3.63, 3.8) is 0 Å². The highest BCUT2D eigenvalue weighted by Crippen LogP contribution is 2.36. The Balaban J connectivity index is 1.53. The third-order valence-corrected chi connectivity index (χ3v) is 4.08. The maximum Gasteiger partial charge on any atom is 0.259 e. The Labute approximate surface area is 150 Å². The molecule has 1 unspecified atom stereocenters. The molecule has 2 heterocycles. The number of carbonyl (C=O) groups excluding carboxylic acids is 1. The number of nitrogens with zero attached hydrogens (tertiary/aromatic N) is 1. The van der Waals surface area contributed by atoms with E-state index in [0.29, 0.717) is 28.6 Å². The molecule has 0 bridgehead atoms. The number of hydrogen-bond donors (Lipinski definition) is 2. The maximum absolute atomic E-state index is 12.6. The van der Waals surface area contributed by atoms with Gasteiger partial charge in [-0.25, -0.2) is 4.98 Å². The van der Waals surface area contributed by atoms with Gasteiger partial charge in [0.2, 0.25) is 0 Å². The largest absolute Gasteiger partial charge is 0.496 e. The summed E-state index contributed by atoms with van der Waals surface area (Å²) in [6.45, 7) is 0. The number of para-hydroxylation sites is 1. The molecule has 0 saturated heterocycles. The van der Waals surface area contributed by atoms with E-state index < -0.39 is 0 Å². The van der Waals surface area contributed by atoms with Crippen LogP contribution < -0.4 is 20.1 Å². The number of hydrogen-bond acceptors (Lipinski definition) is 5. The van der Waals surface area contributed by atoms with Crippen molar-refractivity contribution in [2.75, 3.05) is 17.7 Å². The van der Waals surface area contributed by atoms with Gasteiger partial charge in [0.1, 0.15) is 5.75 Å². The van der Waals surface area contributed by atoms with Crippen LogP contribution in [0.3, 0.4) is 0 Å². The molecule has 2 aromatic carbocycles. The number of methoxy groups -OCH3 is 1. The highest BCUT2D eigenvalue weighted by Gasteiger charge is 2.24. The highest BCUT2D eigenvalue weighted by molar-refractivity contribution is 6.06. The van der Waals surface area contributed by atoms with Crippen LogP contribution in [0.5, 0.6) is 11.5 Å². The molecule has 1 aliphatic heterocycles. The van der Waals surface area contributed by atoms with Gasteiger partial charge in [0.15, 0.2) is 17.8 Å². The molecule has 0 radical (unpaired) electrons. The first-order valence-corrected chi connectivity index (χ1v) is 8.17. The van der Waals surface area contributed by atoms with Crippen molar-refractivity contribution in [3.05, 3.63) is 78.0 Å². The number of nitrogens with one attached hydrogen (secondary N) is 2. The fraction of sp³-hybridized carbons (Fsp3) is 0.100. The van der Waals surface area contributed by atoms with Gasteiger partial charge in [-0.2, -0.15) is 0 Å². The second kappa shape index (κ2) is 6.76. The van der Waals surface area contributed by atoms with Gasteiger partial charge >= 0.3 is 0 Å². The number of rotatable bonds is 4. The minimum atomic E-state index is -0.344. The van der Waals surface area contributed by atoms with Crippen LogP contribution in [0.2, 0.25) is 0 Å². The molecular weight excluding hydrogens is 330 g/mol. The molecule has 1 aliphatic rings. The van der Waals surface area contributed by atoms with Crippen molar-refractivity contribution in [1.82, 2.24) is 4.98 Å². The zero-order valence-corrected chi connectivity index (χ0v) is 14.1. The minimum Gasteiger partial charge on any atom is -0.496 e. The summed E-state index contributed by atoms with van der Waals surface area (Å²) < 4.78 is 11.1. The Morgan fingerprint density at radius 3 is 2.88 bits per heavy atom. The fourth-order valence-corrected chi connectivity index (χ4v) is 2.84. The third-order valence-electron chi connectivity index (χ3n) is 4.08. The normalized spacial score (nSPS) is 14.7. The predicted octanol–water partition coefficient (Wildman–Crippen LogP) is 3.85. The van der Waals surface area contributed by atoms with Crippen molar-refractivity contribution in [1.29, 1.82) is 0 Å². The summed E-state index contributed by atoms with van der Waals surface area (Å²) in [5.74, 6) is 1.72. The lowest BCUT2D eigenvalue weighted by molar-refractivity contribution is 0.102. The van der Waals surface area contributed by atoms with E-state index in [-0.39, 0.29) is 12.1 Å². The van der Waals surface area contributed by atoms with Crippen LogP contribution in [0.1, 0.15) is 22.1 Å². The van der Waals surface area contributed by atoms with Gasteiger partial charge in [-0.05, 0) is 36.4 Å². The van der Waals surface area contributed by atoms with Crippen LogP contribution >= 0.6 is 0 Å². The molecule has 4 rings (SSSR count). The van der Waals surface area contributed by atoms with E-state index in [1.165, 1.54) is 0 Å². The number of benzene rings is 2. The summed E-state index contributed by atoms with van der Waals surface area (Å²) in [6.07, 6.45) is 1.37. The summed E-state index contributed by atoms with van der Waals surface area (Å²) >= 11 is 0. The van der Waals surface area contributed by atoms with Gasteiger partial charge in [-0.3, -0.25) is 4.79 Å². The number of pyridine rings is 1. The quantitative estimate of drug-likeness (QED) is 0.750. The molecule has 1 aromatic heterocycles. The average molecular weight is 347 g/mol. The molecule has 3 aromatic rings. The van der Waals surface area contributed by atoms with E-state index in [4.69, 9.17) is 9.47 Å². The topological polar surface area (TPSA) is 72.5 Å². The molecule has 26 heavy (non-hydrogen) atoms. The Kier molecular flexibility index (Phi) is 4.15. The van der Waals surface area contributed by atoms with E-state index in [0.717, 1.165) is 5.56 Å². The van der Waals surface area contributed by atoms with Gasteiger partial charge in [0, 0.05) is 17.4 Å². The number of aromatic nitrogens is 1. The van der Waals surface area contributed by atoms with Gasteiger partial charge < -0.3 is 20.1 Å². The first kappa shape index (κ1) is 16.0. The second-order valence-corrected chi connectivity index (χ2v) is 5.77. The lowest BCUT2D eigenvalue weighted by Gasteiger charge is -2.14. The molecular formula is C20H17N3O3. The molecule has 0 fully saturated rings. The van der Waals surface area contributed by atoms with Crippen LogP contribution in [0.25, 0.3) is 0 Å². The highest BCUT2D eigenvalue weighted by atomic mass is 16.5. The molecule has 0 saturated carbocycles. The van der Waals surface area contributed by atoms with Gasteiger partial charge in [0.05, 0.1) is 12.7 Å². The molecule has 1 atom stereocenters.